The molecule has 5 nitrogen and oxygen atoms in total. The topological polar surface area (TPSA) is 92.4 Å². The Morgan fingerprint density at radius 3 is 2.37 bits per heavy atom. The Balaban J connectivity index is 2.37. The molecule has 0 aliphatic heterocycles. The summed E-state index contributed by atoms with van der Waals surface area (Å²) in [6.45, 7) is 4.72. The normalized spacial score (nSPS) is 18.7. The van der Waals surface area contributed by atoms with Gasteiger partial charge in [-0.3, -0.25) is 9.59 Å². The average molecular weight is 270 g/mol. The van der Waals surface area contributed by atoms with Gasteiger partial charge in [0.2, 0.25) is 5.91 Å². The first-order valence-electron chi connectivity index (χ1n) is 7.08. The molecule has 1 rings (SSSR count). The van der Waals surface area contributed by atoms with Crippen LogP contribution >= 0.6 is 0 Å². The molecule has 0 radical (unpaired) electrons. The zero-order chi connectivity index (χ0) is 14.5. The molecule has 0 aromatic carbocycles. The van der Waals surface area contributed by atoms with Crippen molar-refractivity contribution in [3.63, 3.8) is 0 Å². The second kappa shape index (κ2) is 6.89. The predicted octanol–water partition coefficient (Wildman–Crippen LogP) is 1.37. The molecule has 1 fully saturated rings. The first-order valence-corrected chi connectivity index (χ1v) is 7.08. The van der Waals surface area contributed by atoms with Crippen LogP contribution in [0.2, 0.25) is 0 Å². The Morgan fingerprint density at radius 1 is 1.37 bits per heavy atom. The fraction of sp³-hybridized carbons (Fsp3) is 0.857. The van der Waals surface area contributed by atoms with Crippen molar-refractivity contribution >= 4 is 11.9 Å². The lowest BCUT2D eigenvalue weighted by atomic mass is 9.66. The first-order chi connectivity index (χ1) is 8.88. The second-order valence-corrected chi connectivity index (χ2v) is 6.20. The summed E-state index contributed by atoms with van der Waals surface area (Å²) in [5, 5.41) is 11.9. The van der Waals surface area contributed by atoms with E-state index in [1.165, 1.54) is 0 Å². The molecule has 1 amide bonds. The fourth-order valence-corrected chi connectivity index (χ4v) is 2.61. The van der Waals surface area contributed by atoms with E-state index in [-0.39, 0.29) is 17.9 Å². The van der Waals surface area contributed by atoms with Crippen LogP contribution in [0, 0.1) is 17.3 Å². The number of rotatable bonds is 8. The maximum atomic E-state index is 11.9. The Bertz CT molecular complexity index is 319. The summed E-state index contributed by atoms with van der Waals surface area (Å²) in [7, 11) is 0. The number of carbonyl (C=O) groups excluding carboxylic acids is 1. The van der Waals surface area contributed by atoms with Gasteiger partial charge in [-0.05, 0) is 37.1 Å². The van der Waals surface area contributed by atoms with E-state index >= 15 is 0 Å². The summed E-state index contributed by atoms with van der Waals surface area (Å²) in [6, 6.07) is 0. The van der Waals surface area contributed by atoms with E-state index in [2.05, 4.69) is 5.32 Å². The van der Waals surface area contributed by atoms with Crippen LogP contribution in [-0.4, -0.2) is 30.1 Å². The number of carboxylic acid groups (broad SMARTS) is 1. The number of hydrogen-bond donors (Lipinski definition) is 3. The third-order valence-corrected chi connectivity index (χ3v) is 4.03. The van der Waals surface area contributed by atoms with Crippen molar-refractivity contribution in [1.29, 1.82) is 0 Å². The number of nitrogens with one attached hydrogen (secondary N) is 1. The molecule has 0 bridgehead atoms. The standard InChI is InChI=1S/C14H26N2O3/c1-10(2)6-11(13(18)19)8-16-12(17)7-14(9-15)4-3-5-14/h10-11H,3-9,15H2,1-2H3,(H,16,17)(H,18,19). The van der Waals surface area contributed by atoms with Crippen LogP contribution in [0.5, 0.6) is 0 Å². The van der Waals surface area contributed by atoms with Crippen molar-refractivity contribution in [3.05, 3.63) is 0 Å². The lowest BCUT2D eigenvalue weighted by molar-refractivity contribution is -0.142. The lowest BCUT2D eigenvalue weighted by Crippen LogP contribution is -2.43. The van der Waals surface area contributed by atoms with E-state index in [9.17, 15) is 9.59 Å². The number of carboxylic acids is 1. The Labute approximate surface area is 114 Å². The van der Waals surface area contributed by atoms with Gasteiger partial charge < -0.3 is 16.2 Å². The van der Waals surface area contributed by atoms with E-state index < -0.39 is 11.9 Å². The van der Waals surface area contributed by atoms with Gasteiger partial charge in [-0.15, -0.1) is 0 Å². The first kappa shape index (κ1) is 16.0. The monoisotopic (exact) mass is 270 g/mol. The van der Waals surface area contributed by atoms with E-state index in [4.69, 9.17) is 10.8 Å². The predicted molar refractivity (Wildman–Crippen MR) is 73.5 cm³/mol. The maximum absolute atomic E-state index is 11.9. The molecule has 5 heteroatoms. The van der Waals surface area contributed by atoms with Gasteiger partial charge in [0.25, 0.3) is 0 Å². The van der Waals surface area contributed by atoms with Gasteiger partial charge in [0.1, 0.15) is 0 Å². The van der Waals surface area contributed by atoms with Crippen molar-refractivity contribution in [2.24, 2.45) is 23.0 Å². The molecule has 1 aliphatic rings. The van der Waals surface area contributed by atoms with Crippen LogP contribution in [0.1, 0.15) is 46.0 Å². The van der Waals surface area contributed by atoms with Crippen LogP contribution in [0.25, 0.3) is 0 Å². The molecular weight excluding hydrogens is 244 g/mol. The van der Waals surface area contributed by atoms with Crippen LogP contribution in [-0.2, 0) is 9.59 Å². The maximum Gasteiger partial charge on any atom is 0.308 e. The smallest absolute Gasteiger partial charge is 0.308 e. The Morgan fingerprint density at radius 2 is 2.00 bits per heavy atom. The van der Waals surface area contributed by atoms with Gasteiger partial charge in [-0.25, -0.2) is 0 Å². The van der Waals surface area contributed by atoms with Crippen LogP contribution in [0.4, 0.5) is 0 Å². The van der Waals surface area contributed by atoms with Crippen molar-refractivity contribution in [3.8, 4) is 0 Å². The molecule has 1 atom stereocenters. The number of carbonyl (C=O) groups is 2. The van der Waals surface area contributed by atoms with E-state index in [0.717, 1.165) is 19.3 Å². The molecule has 0 saturated heterocycles. The number of hydrogen-bond acceptors (Lipinski definition) is 3. The summed E-state index contributed by atoms with van der Waals surface area (Å²) in [5.74, 6) is -1.11. The van der Waals surface area contributed by atoms with Crippen LogP contribution in [0.3, 0.4) is 0 Å². The second-order valence-electron chi connectivity index (χ2n) is 6.20. The van der Waals surface area contributed by atoms with Gasteiger partial charge >= 0.3 is 5.97 Å². The molecule has 1 aliphatic carbocycles. The Hall–Kier alpha value is -1.10. The van der Waals surface area contributed by atoms with Gasteiger partial charge in [-0.1, -0.05) is 20.3 Å². The minimum atomic E-state index is -0.841. The molecular formula is C14H26N2O3. The SMILES string of the molecule is CC(C)CC(CNC(=O)CC1(CN)CCC1)C(=O)O. The fourth-order valence-electron chi connectivity index (χ4n) is 2.61. The molecule has 110 valence electrons. The van der Waals surface area contributed by atoms with Gasteiger partial charge in [0.05, 0.1) is 5.92 Å². The third-order valence-electron chi connectivity index (χ3n) is 4.03. The largest absolute Gasteiger partial charge is 0.481 e. The van der Waals surface area contributed by atoms with Crippen LogP contribution < -0.4 is 11.1 Å². The lowest BCUT2D eigenvalue weighted by Gasteiger charge is -2.40. The summed E-state index contributed by atoms with van der Waals surface area (Å²) >= 11 is 0. The van der Waals surface area contributed by atoms with Gasteiger partial charge in [0.15, 0.2) is 0 Å². The minimum Gasteiger partial charge on any atom is -0.481 e. The van der Waals surface area contributed by atoms with E-state index in [0.29, 0.717) is 25.3 Å². The van der Waals surface area contributed by atoms with Gasteiger partial charge in [-0.2, -0.15) is 0 Å². The van der Waals surface area contributed by atoms with Gasteiger partial charge in [0, 0.05) is 13.0 Å². The molecule has 0 spiro atoms. The van der Waals surface area contributed by atoms with Crippen LogP contribution in [0.15, 0.2) is 0 Å². The zero-order valence-corrected chi connectivity index (χ0v) is 11.9. The van der Waals surface area contributed by atoms with E-state index in [1.807, 2.05) is 13.8 Å². The summed E-state index contributed by atoms with van der Waals surface area (Å²) in [6.07, 6.45) is 4.15. The van der Waals surface area contributed by atoms with Crippen molar-refractivity contribution in [2.75, 3.05) is 13.1 Å². The van der Waals surface area contributed by atoms with E-state index in [1.54, 1.807) is 0 Å². The average Bonchev–Trinajstić information content (AvgIpc) is 2.28. The highest BCUT2D eigenvalue weighted by Gasteiger charge is 2.37. The third kappa shape index (κ3) is 4.82. The quantitative estimate of drug-likeness (QED) is 0.621. The molecule has 0 heterocycles. The number of amides is 1. The molecule has 0 aromatic heterocycles. The number of aliphatic carboxylic acids is 1. The van der Waals surface area contributed by atoms with Crippen molar-refractivity contribution < 1.29 is 14.7 Å². The summed E-state index contributed by atoms with van der Waals surface area (Å²) in [5.41, 5.74) is 5.69. The molecule has 4 N–H and O–H groups in total. The minimum absolute atomic E-state index is 0.0269. The molecule has 19 heavy (non-hydrogen) atoms. The van der Waals surface area contributed by atoms with Crippen molar-refractivity contribution in [2.45, 2.75) is 46.0 Å². The zero-order valence-electron chi connectivity index (χ0n) is 11.9. The Kier molecular flexibility index (Phi) is 5.79. The highest BCUT2D eigenvalue weighted by molar-refractivity contribution is 5.78. The number of nitrogens with two attached hydrogens (primary N) is 1. The summed E-state index contributed by atoms with van der Waals surface area (Å²) in [4.78, 5) is 22.9. The highest BCUT2D eigenvalue weighted by atomic mass is 16.4. The summed E-state index contributed by atoms with van der Waals surface area (Å²) < 4.78 is 0. The van der Waals surface area contributed by atoms with Crippen molar-refractivity contribution in [1.82, 2.24) is 5.32 Å². The molecule has 1 saturated carbocycles. The highest BCUT2D eigenvalue weighted by Crippen LogP contribution is 2.42. The molecule has 1 unspecified atom stereocenters. The molecule has 0 aromatic rings.